The zero-order valence-electron chi connectivity index (χ0n) is 9.67. The molecule has 0 saturated carbocycles. The van der Waals surface area contributed by atoms with Crippen molar-refractivity contribution in [3.8, 4) is 5.75 Å². The number of amides is 1. The molecule has 1 aromatic carbocycles. The van der Waals surface area contributed by atoms with Crippen LogP contribution in [0.2, 0.25) is 5.02 Å². The molecule has 0 bridgehead atoms. The molecule has 1 aromatic rings. The molecule has 2 N–H and O–H groups in total. The molecule has 0 atom stereocenters. The third-order valence-electron chi connectivity index (χ3n) is 2.10. The van der Waals surface area contributed by atoms with E-state index in [4.69, 9.17) is 22.1 Å². The molecule has 17 heavy (non-hydrogen) atoms. The van der Waals surface area contributed by atoms with Gasteiger partial charge in [-0.15, -0.1) is 0 Å². The van der Waals surface area contributed by atoms with Gasteiger partial charge in [-0.1, -0.05) is 11.6 Å². The van der Waals surface area contributed by atoms with Gasteiger partial charge in [-0.05, 0) is 28.1 Å². The zero-order valence-corrected chi connectivity index (χ0v) is 12.0. The van der Waals surface area contributed by atoms with Gasteiger partial charge >= 0.3 is 0 Å². The smallest absolute Gasteiger partial charge is 0.225 e. The summed E-state index contributed by atoms with van der Waals surface area (Å²) >= 11 is 9.13. The Morgan fingerprint density at radius 1 is 1.53 bits per heavy atom. The van der Waals surface area contributed by atoms with Crippen molar-refractivity contribution in [1.82, 2.24) is 4.90 Å². The molecule has 0 aliphatic rings. The van der Waals surface area contributed by atoms with E-state index in [2.05, 4.69) is 15.9 Å². The Kier molecular flexibility index (Phi) is 5.08. The summed E-state index contributed by atoms with van der Waals surface area (Å²) in [6.45, 7) is 0.279. The van der Waals surface area contributed by atoms with Gasteiger partial charge in [0.15, 0.2) is 5.75 Å². The Morgan fingerprint density at radius 2 is 2.18 bits per heavy atom. The minimum absolute atomic E-state index is 0.00802. The van der Waals surface area contributed by atoms with E-state index in [0.717, 1.165) is 0 Å². The Bertz CT molecular complexity index is 401. The monoisotopic (exact) mass is 320 g/mol. The molecule has 0 heterocycles. The number of carbonyl (C=O) groups excluding carboxylic acids is 1. The van der Waals surface area contributed by atoms with E-state index < -0.39 is 0 Å². The molecular weight excluding hydrogens is 307 g/mol. The molecule has 0 aromatic heterocycles. The Morgan fingerprint density at radius 3 is 2.71 bits per heavy atom. The molecule has 4 nitrogen and oxygen atoms in total. The Hall–Kier alpha value is -0.940. The first kappa shape index (κ1) is 14.1. The van der Waals surface area contributed by atoms with E-state index in [-0.39, 0.29) is 12.5 Å². The van der Waals surface area contributed by atoms with E-state index in [1.54, 1.807) is 26.2 Å². The highest BCUT2D eigenvalue weighted by Gasteiger charge is 2.09. The van der Waals surface area contributed by atoms with Crippen LogP contribution in [0.5, 0.6) is 5.75 Å². The topological polar surface area (TPSA) is 55.6 Å². The second kappa shape index (κ2) is 6.12. The molecule has 0 aliphatic heterocycles. The van der Waals surface area contributed by atoms with Gasteiger partial charge in [-0.2, -0.15) is 0 Å². The third kappa shape index (κ3) is 4.09. The van der Waals surface area contributed by atoms with Crippen LogP contribution in [-0.4, -0.2) is 31.5 Å². The largest absolute Gasteiger partial charge is 0.490 e. The average molecular weight is 322 g/mol. The fourth-order valence-corrected chi connectivity index (χ4v) is 2.15. The molecule has 0 radical (unpaired) electrons. The van der Waals surface area contributed by atoms with Crippen LogP contribution in [0.15, 0.2) is 16.6 Å². The summed E-state index contributed by atoms with van der Waals surface area (Å²) in [5, 5.41) is 0.533. The molecule has 0 aliphatic carbocycles. The normalized spacial score (nSPS) is 10.1. The molecule has 0 unspecified atom stereocenters. The lowest BCUT2D eigenvalue weighted by Crippen LogP contribution is -2.23. The Labute approximate surface area is 114 Å². The van der Waals surface area contributed by atoms with Gasteiger partial charge in [-0.3, -0.25) is 4.79 Å². The summed E-state index contributed by atoms with van der Waals surface area (Å²) in [4.78, 5) is 12.9. The molecular formula is C11H14BrClN2O2. The number of nitrogens with two attached hydrogens (primary N) is 1. The molecule has 0 fully saturated rings. The predicted octanol–water partition coefficient (Wildman–Crippen LogP) is 2.54. The van der Waals surface area contributed by atoms with Gasteiger partial charge in [0, 0.05) is 19.1 Å². The van der Waals surface area contributed by atoms with Gasteiger partial charge < -0.3 is 15.4 Å². The summed E-state index contributed by atoms with van der Waals surface area (Å²) in [7, 11) is 3.41. The van der Waals surface area contributed by atoms with Gasteiger partial charge in [0.05, 0.1) is 23.2 Å². The molecule has 1 amide bonds. The van der Waals surface area contributed by atoms with E-state index in [0.29, 0.717) is 27.4 Å². The van der Waals surface area contributed by atoms with Crippen molar-refractivity contribution in [2.45, 2.75) is 6.42 Å². The molecule has 1 rings (SSSR count). The standard InChI is InChI=1S/C11H14BrClN2O2/c1-15(2)10(16)3-4-17-11-8(12)5-7(13)6-9(11)14/h5-6H,3-4,14H2,1-2H3. The second-order valence-corrected chi connectivity index (χ2v) is 4.98. The van der Waals surface area contributed by atoms with Crippen molar-refractivity contribution in [3.63, 3.8) is 0 Å². The predicted molar refractivity (Wildman–Crippen MR) is 72.4 cm³/mol. The number of rotatable bonds is 4. The van der Waals surface area contributed by atoms with Crippen LogP contribution in [0.1, 0.15) is 6.42 Å². The second-order valence-electron chi connectivity index (χ2n) is 3.69. The number of hydrogen-bond acceptors (Lipinski definition) is 3. The number of benzene rings is 1. The number of nitrogen functional groups attached to an aromatic ring is 1. The first-order valence-corrected chi connectivity index (χ1v) is 6.16. The van der Waals surface area contributed by atoms with Gasteiger partial charge in [0.25, 0.3) is 0 Å². The average Bonchev–Trinajstić information content (AvgIpc) is 2.21. The Balaban J connectivity index is 2.61. The van der Waals surface area contributed by atoms with Crippen LogP contribution in [0, 0.1) is 0 Å². The highest BCUT2D eigenvalue weighted by Crippen LogP contribution is 2.34. The highest BCUT2D eigenvalue weighted by atomic mass is 79.9. The fourth-order valence-electron chi connectivity index (χ4n) is 1.20. The highest BCUT2D eigenvalue weighted by molar-refractivity contribution is 9.10. The van der Waals surface area contributed by atoms with Gasteiger partial charge in [-0.25, -0.2) is 0 Å². The van der Waals surface area contributed by atoms with E-state index in [1.807, 2.05) is 0 Å². The first-order valence-electron chi connectivity index (χ1n) is 4.99. The minimum atomic E-state index is 0.00802. The van der Waals surface area contributed by atoms with Crippen molar-refractivity contribution < 1.29 is 9.53 Å². The number of carbonyl (C=O) groups is 1. The summed E-state index contributed by atoms with van der Waals surface area (Å²) in [5.41, 5.74) is 6.21. The minimum Gasteiger partial charge on any atom is -0.490 e. The van der Waals surface area contributed by atoms with Gasteiger partial charge in [0.1, 0.15) is 0 Å². The maximum Gasteiger partial charge on any atom is 0.225 e. The molecule has 94 valence electrons. The summed E-state index contributed by atoms with van der Waals surface area (Å²) in [6.07, 6.45) is 0.307. The summed E-state index contributed by atoms with van der Waals surface area (Å²) < 4.78 is 6.15. The molecule has 6 heteroatoms. The van der Waals surface area contributed by atoms with Crippen LogP contribution in [0.25, 0.3) is 0 Å². The SMILES string of the molecule is CN(C)C(=O)CCOc1c(N)cc(Cl)cc1Br. The van der Waals surface area contributed by atoms with Crippen molar-refractivity contribution in [3.05, 3.63) is 21.6 Å². The summed E-state index contributed by atoms with van der Waals surface area (Å²) in [6, 6.07) is 3.30. The number of nitrogens with zero attached hydrogens (tertiary/aromatic N) is 1. The molecule has 0 saturated heterocycles. The van der Waals surface area contributed by atoms with Crippen molar-refractivity contribution in [1.29, 1.82) is 0 Å². The maximum absolute atomic E-state index is 11.3. The molecule has 0 spiro atoms. The van der Waals surface area contributed by atoms with Crippen molar-refractivity contribution in [2.75, 3.05) is 26.4 Å². The summed E-state index contributed by atoms with van der Waals surface area (Å²) in [5.74, 6) is 0.523. The van der Waals surface area contributed by atoms with Crippen LogP contribution < -0.4 is 10.5 Å². The number of halogens is 2. The lowest BCUT2D eigenvalue weighted by Gasteiger charge is -2.13. The lowest BCUT2D eigenvalue weighted by molar-refractivity contribution is -0.129. The van der Waals surface area contributed by atoms with E-state index in [9.17, 15) is 4.79 Å². The van der Waals surface area contributed by atoms with Crippen molar-refractivity contribution >= 4 is 39.1 Å². The van der Waals surface area contributed by atoms with Gasteiger partial charge in [0.2, 0.25) is 5.91 Å². The number of ether oxygens (including phenoxy) is 1. The van der Waals surface area contributed by atoms with E-state index in [1.165, 1.54) is 4.90 Å². The number of anilines is 1. The van der Waals surface area contributed by atoms with Crippen LogP contribution in [0.4, 0.5) is 5.69 Å². The van der Waals surface area contributed by atoms with Crippen LogP contribution >= 0.6 is 27.5 Å². The lowest BCUT2D eigenvalue weighted by atomic mass is 10.3. The third-order valence-corrected chi connectivity index (χ3v) is 2.91. The van der Waals surface area contributed by atoms with Crippen molar-refractivity contribution in [2.24, 2.45) is 0 Å². The van der Waals surface area contributed by atoms with E-state index >= 15 is 0 Å². The van der Waals surface area contributed by atoms with Crippen LogP contribution in [-0.2, 0) is 4.79 Å². The quantitative estimate of drug-likeness (QED) is 0.867. The fraction of sp³-hybridized carbons (Fsp3) is 0.364. The number of hydrogen-bond donors (Lipinski definition) is 1. The first-order chi connectivity index (χ1) is 7.91. The zero-order chi connectivity index (χ0) is 13.0. The van der Waals surface area contributed by atoms with Crippen LogP contribution in [0.3, 0.4) is 0 Å². The maximum atomic E-state index is 11.3.